The number of hydrogen-bond acceptors (Lipinski definition) is 3. The number of carbonyl (C=O) groups excluding carboxylic acids is 1. The van der Waals surface area contributed by atoms with E-state index < -0.39 is 0 Å². The van der Waals surface area contributed by atoms with E-state index in [4.69, 9.17) is 0 Å². The molecule has 0 aromatic carbocycles. The van der Waals surface area contributed by atoms with Crippen LogP contribution in [0.3, 0.4) is 0 Å². The lowest BCUT2D eigenvalue weighted by Gasteiger charge is -2.21. The van der Waals surface area contributed by atoms with Gasteiger partial charge in [-0.1, -0.05) is 15.9 Å². The Balaban J connectivity index is 2.02. The lowest BCUT2D eigenvalue weighted by atomic mass is 10.3. The quantitative estimate of drug-likeness (QED) is 0.743. The van der Waals surface area contributed by atoms with Crippen molar-refractivity contribution in [3.63, 3.8) is 0 Å². The molecule has 0 N–H and O–H groups in total. The summed E-state index contributed by atoms with van der Waals surface area (Å²) in [5.41, 5.74) is 0.511. The molecule has 4 nitrogen and oxygen atoms in total. The van der Waals surface area contributed by atoms with Crippen LogP contribution >= 0.6 is 31.9 Å². The topological polar surface area (TPSA) is 36.4 Å². The van der Waals surface area contributed by atoms with Crippen LogP contribution in [-0.2, 0) is 0 Å². The van der Waals surface area contributed by atoms with Gasteiger partial charge >= 0.3 is 0 Å². The van der Waals surface area contributed by atoms with Crippen LogP contribution in [0.2, 0.25) is 0 Å². The van der Waals surface area contributed by atoms with E-state index in [2.05, 4.69) is 41.7 Å². The van der Waals surface area contributed by atoms with Gasteiger partial charge in [0.2, 0.25) is 0 Å². The van der Waals surface area contributed by atoms with Gasteiger partial charge in [0, 0.05) is 42.2 Å². The lowest BCUT2D eigenvalue weighted by Crippen LogP contribution is -2.36. The highest BCUT2D eigenvalue weighted by Gasteiger charge is 2.22. The van der Waals surface area contributed by atoms with Gasteiger partial charge in [0.1, 0.15) is 5.69 Å². The summed E-state index contributed by atoms with van der Waals surface area (Å²) >= 11 is 6.86. The number of nitrogens with zero attached hydrogens (tertiary/aromatic N) is 3. The van der Waals surface area contributed by atoms with Crippen molar-refractivity contribution in [1.29, 1.82) is 0 Å². The average molecular weight is 391 g/mol. The van der Waals surface area contributed by atoms with Crippen molar-refractivity contribution in [2.24, 2.45) is 0 Å². The van der Waals surface area contributed by atoms with Gasteiger partial charge in [-0.25, -0.2) is 4.98 Å². The van der Waals surface area contributed by atoms with Crippen LogP contribution in [0.5, 0.6) is 0 Å². The zero-order valence-electron chi connectivity index (χ0n) is 10.7. The first-order valence-corrected chi connectivity index (χ1v) is 8.32. The van der Waals surface area contributed by atoms with Crippen molar-refractivity contribution in [3.05, 3.63) is 28.5 Å². The van der Waals surface area contributed by atoms with E-state index in [1.54, 1.807) is 6.20 Å². The molecule has 0 saturated carbocycles. The van der Waals surface area contributed by atoms with Crippen molar-refractivity contribution >= 4 is 37.8 Å². The predicted molar refractivity (Wildman–Crippen MR) is 82.7 cm³/mol. The van der Waals surface area contributed by atoms with Crippen molar-refractivity contribution in [3.8, 4) is 0 Å². The first-order chi connectivity index (χ1) is 9.22. The fourth-order valence-corrected chi connectivity index (χ4v) is 3.14. The second kappa shape index (κ2) is 7.36. The monoisotopic (exact) mass is 389 g/mol. The molecule has 1 amide bonds. The molecule has 2 rings (SSSR count). The molecule has 19 heavy (non-hydrogen) atoms. The number of rotatable bonds is 3. The molecular formula is C13H17Br2N3O. The maximum absolute atomic E-state index is 12.4. The molecule has 1 aromatic heterocycles. The van der Waals surface area contributed by atoms with Gasteiger partial charge < -0.3 is 9.80 Å². The first-order valence-electron chi connectivity index (χ1n) is 6.40. The summed E-state index contributed by atoms with van der Waals surface area (Å²) in [6, 6.07) is 3.68. The number of halogens is 2. The summed E-state index contributed by atoms with van der Waals surface area (Å²) in [5.74, 6) is 0.0215. The highest BCUT2D eigenvalue weighted by Crippen LogP contribution is 2.16. The second-order valence-corrected chi connectivity index (χ2v) is 6.16. The molecular weight excluding hydrogens is 374 g/mol. The smallest absolute Gasteiger partial charge is 0.273 e. The van der Waals surface area contributed by atoms with E-state index in [1.807, 2.05) is 17.0 Å². The molecule has 104 valence electrons. The largest absolute Gasteiger partial charge is 0.336 e. The number of pyridine rings is 1. The molecule has 1 fully saturated rings. The minimum Gasteiger partial charge on any atom is -0.336 e. The van der Waals surface area contributed by atoms with Crippen LogP contribution < -0.4 is 0 Å². The van der Waals surface area contributed by atoms with Crippen molar-refractivity contribution in [1.82, 2.24) is 14.8 Å². The third kappa shape index (κ3) is 4.00. The highest BCUT2D eigenvalue weighted by atomic mass is 79.9. The number of amides is 1. The summed E-state index contributed by atoms with van der Waals surface area (Å²) in [5, 5.41) is 0.979. The maximum atomic E-state index is 12.4. The zero-order valence-corrected chi connectivity index (χ0v) is 13.9. The molecule has 0 unspecified atom stereocenters. The Morgan fingerprint density at radius 1 is 1.32 bits per heavy atom. The molecule has 0 aliphatic carbocycles. The fourth-order valence-electron chi connectivity index (χ4n) is 2.21. The average Bonchev–Trinajstić information content (AvgIpc) is 2.65. The van der Waals surface area contributed by atoms with Gasteiger partial charge in [0.05, 0.1) is 0 Å². The van der Waals surface area contributed by atoms with Gasteiger partial charge in [-0.15, -0.1) is 0 Å². The third-order valence-electron chi connectivity index (χ3n) is 3.24. The van der Waals surface area contributed by atoms with Crippen molar-refractivity contribution in [2.45, 2.75) is 6.42 Å². The molecule has 0 spiro atoms. The lowest BCUT2D eigenvalue weighted by molar-refractivity contribution is 0.0755. The summed E-state index contributed by atoms with van der Waals surface area (Å²) in [7, 11) is 0. The minimum atomic E-state index is 0.0215. The van der Waals surface area contributed by atoms with Gasteiger partial charge in [0.25, 0.3) is 5.91 Å². The molecule has 1 aliphatic heterocycles. The van der Waals surface area contributed by atoms with E-state index in [1.165, 1.54) is 0 Å². The van der Waals surface area contributed by atoms with E-state index in [0.29, 0.717) is 5.69 Å². The Morgan fingerprint density at radius 3 is 2.89 bits per heavy atom. The van der Waals surface area contributed by atoms with Gasteiger partial charge in [-0.3, -0.25) is 4.79 Å². The van der Waals surface area contributed by atoms with Gasteiger partial charge in [-0.2, -0.15) is 0 Å². The van der Waals surface area contributed by atoms with E-state index >= 15 is 0 Å². The molecule has 6 heteroatoms. The molecule has 2 heterocycles. The Hall–Kier alpha value is -0.460. The summed E-state index contributed by atoms with van der Waals surface area (Å²) in [4.78, 5) is 20.9. The Kier molecular flexibility index (Phi) is 5.78. The number of hydrogen-bond donors (Lipinski definition) is 0. The normalized spacial score (nSPS) is 17.3. The number of alkyl halides is 1. The molecule has 1 aliphatic rings. The number of carbonyl (C=O) groups is 1. The van der Waals surface area contributed by atoms with Crippen molar-refractivity contribution in [2.75, 3.05) is 38.1 Å². The summed E-state index contributed by atoms with van der Waals surface area (Å²) in [6.07, 6.45) is 2.68. The van der Waals surface area contributed by atoms with Crippen molar-refractivity contribution < 1.29 is 4.79 Å². The van der Waals surface area contributed by atoms with Gasteiger partial charge in [0.15, 0.2) is 0 Å². The summed E-state index contributed by atoms with van der Waals surface area (Å²) in [6.45, 7) is 4.60. The van der Waals surface area contributed by atoms with Crippen LogP contribution in [0.1, 0.15) is 16.9 Å². The van der Waals surface area contributed by atoms with Crippen LogP contribution in [0.15, 0.2) is 22.8 Å². The Labute approximate surface area is 130 Å². The third-order valence-corrected chi connectivity index (χ3v) is 4.23. The molecule has 0 atom stereocenters. The predicted octanol–water partition coefficient (Wildman–Crippen LogP) is 2.39. The summed E-state index contributed by atoms with van der Waals surface area (Å²) < 4.78 is 0.765. The van der Waals surface area contributed by atoms with Crippen LogP contribution in [-0.4, -0.2) is 58.7 Å². The second-order valence-electron chi connectivity index (χ2n) is 4.51. The highest BCUT2D eigenvalue weighted by molar-refractivity contribution is 9.10. The maximum Gasteiger partial charge on any atom is 0.273 e. The van der Waals surface area contributed by atoms with Crippen LogP contribution in [0, 0.1) is 0 Å². The van der Waals surface area contributed by atoms with Crippen LogP contribution in [0.4, 0.5) is 0 Å². The van der Waals surface area contributed by atoms with E-state index in [0.717, 1.165) is 48.9 Å². The molecule has 1 saturated heterocycles. The molecule has 0 bridgehead atoms. The van der Waals surface area contributed by atoms with Gasteiger partial charge in [-0.05, 0) is 41.0 Å². The minimum absolute atomic E-state index is 0.0215. The number of aromatic nitrogens is 1. The molecule has 1 aromatic rings. The molecule has 0 radical (unpaired) electrons. The Morgan fingerprint density at radius 2 is 2.16 bits per heavy atom. The first kappa shape index (κ1) is 14.9. The Bertz CT molecular complexity index is 442. The van der Waals surface area contributed by atoms with Crippen LogP contribution in [0.25, 0.3) is 0 Å². The van der Waals surface area contributed by atoms with E-state index in [9.17, 15) is 4.79 Å². The SMILES string of the molecule is O=C(c1ncccc1Br)N1CCCN(CCBr)CC1. The zero-order chi connectivity index (χ0) is 13.7. The van der Waals surface area contributed by atoms with E-state index in [-0.39, 0.29) is 5.91 Å². The fraction of sp³-hybridized carbons (Fsp3) is 0.538. The standard InChI is InChI=1S/C13H17Br2N3O/c14-4-8-17-6-2-7-18(10-9-17)13(19)12-11(15)3-1-5-16-12/h1,3,5H,2,4,6-10H2.